The van der Waals surface area contributed by atoms with Crippen LogP contribution in [-0.2, 0) is 6.18 Å². The van der Waals surface area contributed by atoms with Crippen LogP contribution in [0.4, 0.5) is 24.7 Å². The van der Waals surface area contributed by atoms with Crippen LogP contribution in [0.25, 0.3) is 0 Å². The molecule has 3 nitrogen and oxygen atoms in total. The molecule has 0 unspecified atom stereocenters. The molecular weight excluding hydrogens is 323 g/mol. The maximum absolute atomic E-state index is 12.4. The van der Waals surface area contributed by atoms with Crippen molar-refractivity contribution in [2.75, 3.05) is 5.32 Å². The summed E-state index contributed by atoms with van der Waals surface area (Å²) < 4.78 is 37.9. The van der Waals surface area contributed by atoms with E-state index in [2.05, 4.69) is 31.2 Å². The summed E-state index contributed by atoms with van der Waals surface area (Å²) in [6.07, 6.45) is -1.69. The van der Waals surface area contributed by atoms with Crippen molar-refractivity contribution in [3.05, 3.63) is 46.3 Å². The van der Waals surface area contributed by atoms with E-state index in [-0.39, 0.29) is 0 Å². The van der Waals surface area contributed by atoms with Gasteiger partial charge in [-0.2, -0.15) is 13.2 Å². The first kappa shape index (κ1) is 13.8. The van der Waals surface area contributed by atoms with Crippen molar-refractivity contribution in [1.82, 2.24) is 9.97 Å². The first-order valence-electron chi connectivity index (χ1n) is 5.28. The molecule has 0 aliphatic rings. The molecular formula is C12H9BrF3N3. The van der Waals surface area contributed by atoms with E-state index in [1.165, 1.54) is 6.07 Å². The molecule has 2 heterocycles. The summed E-state index contributed by atoms with van der Waals surface area (Å²) >= 11 is 3.29. The minimum atomic E-state index is -4.43. The quantitative estimate of drug-likeness (QED) is 0.891. The molecule has 7 heteroatoms. The van der Waals surface area contributed by atoms with Gasteiger partial charge in [0.1, 0.15) is 11.5 Å². The summed E-state index contributed by atoms with van der Waals surface area (Å²) in [4.78, 5) is 7.51. The van der Waals surface area contributed by atoms with E-state index in [0.29, 0.717) is 11.5 Å². The van der Waals surface area contributed by atoms with Gasteiger partial charge in [-0.3, -0.25) is 0 Å². The molecule has 0 amide bonds. The number of hydrogen-bond donors (Lipinski definition) is 1. The monoisotopic (exact) mass is 331 g/mol. The van der Waals surface area contributed by atoms with Crippen LogP contribution in [0.15, 0.2) is 35.1 Å². The number of alkyl halides is 3. The van der Waals surface area contributed by atoms with Crippen molar-refractivity contribution < 1.29 is 13.2 Å². The third kappa shape index (κ3) is 3.44. The third-order valence-corrected chi connectivity index (χ3v) is 2.80. The first-order chi connectivity index (χ1) is 8.86. The Kier molecular flexibility index (Phi) is 3.75. The van der Waals surface area contributed by atoms with E-state index in [1.807, 2.05) is 13.0 Å². The van der Waals surface area contributed by atoms with Gasteiger partial charge in [-0.1, -0.05) is 0 Å². The fraction of sp³-hybridized carbons (Fsp3) is 0.167. The number of anilines is 2. The Morgan fingerprint density at radius 2 is 1.89 bits per heavy atom. The standard InChI is InChI=1S/C12H9BrF3N3/c1-7-4-8(13)5-18-11(7)19-9-2-3-10(17-6-9)12(14,15)16/h2-6H,1H3,(H,18,19). The van der Waals surface area contributed by atoms with Crippen molar-refractivity contribution in [2.45, 2.75) is 13.1 Å². The lowest BCUT2D eigenvalue weighted by Gasteiger charge is -2.10. The van der Waals surface area contributed by atoms with Crippen LogP contribution in [0.5, 0.6) is 0 Å². The fourth-order valence-corrected chi connectivity index (χ4v) is 1.89. The van der Waals surface area contributed by atoms with E-state index in [1.54, 1.807) is 6.20 Å². The van der Waals surface area contributed by atoms with Crippen LogP contribution in [-0.4, -0.2) is 9.97 Å². The fourth-order valence-electron chi connectivity index (χ4n) is 1.44. The summed E-state index contributed by atoms with van der Waals surface area (Å²) in [5.41, 5.74) is 0.402. The Morgan fingerprint density at radius 3 is 2.42 bits per heavy atom. The van der Waals surface area contributed by atoms with Gasteiger partial charge >= 0.3 is 6.18 Å². The van der Waals surface area contributed by atoms with Gasteiger partial charge in [0.15, 0.2) is 0 Å². The van der Waals surface area contributed by atoms with E-state index in [4.69, 9.17) is 0 Å². The summed E-state index contributed by atoms with van der Waals surface area (Å²) in [5, 5.41) is 2.92. The second kappa shape index (κ2) is 5.16. The predicted octanol–water partition coefficient (Wildman–Crippen LogP) is 4.31. The molecule has 100 valence electrons. The van der Waals surface area contributed by atoms with Gasteiger partial charge < -0.3 is 5.32 Å². The van der Waals surface area contributed by atoms with Crippen LogP contribution in [0.2, 0.25) is 0 Å². The number of aryl methyl sites for hydroxylation is 1. The molecule has 0 saturated carbocycles. The molecule has 2 rings (SSSR count). The highest BCUT2D eigenvalue weighted by atomic mass is 79.9. The van der Waals surface area contributed by atoms with Gasteiger partial charge in [0.25, 0.3) is 0 Å². The van der Waals surface area contributed by atoms with E-state index in [9.17, 15) is 13.2 Å². The zero-order valence-corrected chi connectivity index (χ0v) is 11.4. The zero-order valence-electron chi connectivity index (χ0n) is 9.79. The molecule has 0 bridgehead atoms. The number of rotatable bonds is 2. The van der Waals surface area contributed by atoms with E-state index in [0.717, 1.165) is 22.3 Å². The average Bonchev–Trinajstić information content (AvgIpc) is 2.32. The number of pyridine rings is 2. The molecule has 1 N–H and O–H groups in total. The van der Waals surface area contributed by atoms with Crippen molar-refractivity contribution in [3.63, 3.8) is 0 Å². The molecule has 0 spiro atoms. The highest BCUT2D eigenvalue weighted by Gasteiger charge is 2.32. The molecule has 0 aromatic carbocycles. The molecule has 0 saturated heterocycles. The van der Waals surface area contributed by atoms with Crippen molar-refractivity contribution in [1.29, 1.82) is 0 Å². The van der Waals surface area contributed by atoms with Gasteiger partial charge in [-0.05, 0) is 46.6 Å². The van der Waals surface area contributed by atoms with Crippen molar-refractivity contribution in [2.24, 2.45) is 0 Å². The molecule has 0 atom stereocenters. The van der Waals surface area contributed by atoms with Crippen molar-refractivity contribution in [3.8, 4) is 0 Å². The highest BCUT2D eigenvalue weighted by molar-refractivity contribution is 9.10. The normalized spacial score (nSPS) is 11.4. The summed E-state index contributed by atoms with van der Waals surface area (Å²) in [7, 11) is 0. The minimum Gasteiger partial charge on any atom is -0.339 e. The van der Waals surface area contributed by atoms with Gasteiger partial charge in [-0.25, -0.2) is 9.97 Å². The second-order valence-electron chi connectivity index (χ2n) is 3.87. The maximum atomic E-state index is 12.4. The predicted molar refractivity (Wildman–Crippen MR) is 69.2 cm³/mol. The smallest absolute Gasteiger partial charge is 0.339 e. The molecule has 2 aromatic rings. The Balaban J connectivity index is 2.20. The van der Waals surface area contributed by atoms with Crippen LogP contribution in [0.3, 0.4) is 0 Å². The van der Waals surface area contributed by atoms with Gasteiger partial charge in [0.05, 0.1) is 11.9 Å². The number of nitrogens with one attached hydrogen (secondary N) is 1. The van der Waals surface area contributed by atoms with Gasteiger partial charge in [0, 0.05) is 10.7 Å². The van der Waals surface area contributed by atoms with E-state index < -0.39 is 11.9 Å². The molecule has 0 fully saturated rings. The topological polar surface area (TPSA) is 37.8 Å². The summed E-state index contributed by atoms with van der Waals surface area (Å²) in [6.45, 7) is 1.84. The lowest BCUT2D eigenvalue weighted by molar-refractivity contribution is -0.141. The Bertz CT molecular complexity index is 582. The van der Waals surface area contributed by atoms with Crippen LogP contribution in [0.1, 0.15) is 11.3 Å². The zero-order chi connectivity index (χ0) is 14.0. The average molecular weight is 332 g/mol. The van der Waals surface area contributed by atoms with Crippen LogP contribution < -0.4 is 5.32 Å². The largest absolute Gasteiger partial charge is 0.433 e. The summed E-state index contributed by atoms with van der Waals surface area (Å²) in [6, 6.07) is 4.10. The highest BCUT2D eigenvalue weighted by Crippen LogP contribution is 2.28. The van der Waals surface area contributed by atoms with Crippen molar-refractivity contribution >= 4 is 27.4 Å². The van der Waals surface area contributed by atoms with Gasteiger partial charge in [-0.15, -0.1) is 0 Å². The lowest BCUT2D eigenvalue weighted by atomic mass is 10.2. The van der Waals surface area contributed by atoms with E-state index >= 15 is 0 Å². The summed E-state index contributed by atoms with van der Waals surface area (Å²) in [5.74, 6) is 0.574. The SMILES string of the molecule is Cc1cc(Br)cnc1Nc1ccc(C(F)(F)F)nc1. The molecule has 0 aliphatic heterocycles. The molecule has 0 aliphatic carbocycles. The first-order valence-corrected chi connectivity index (χ1v) is 6.08. The number of aromatic nitrogens is 2. The third-order valence-electron chi connectivity index (χ3n) is 2.36. The molecule has 2 aromatic heterocycles. The number of hydrogen-bond acceptors (Lipinski definition) is 3. The van der Waals surface area contributed by atoms with Gasteiger partial charge in [0.2, 0.25) is 0 Å². The Labute approximate surface area is 116 Å². The minimum absolute atomic E-state index is 0.450. The lowest BCUT2D eigenvalue weighted by Crippen LogP contribution is -2.07. The molecule has 19 heavy (non-hydrogen) atoms. The second-order valence-corrected chi connectivity index (χ2v) is 4.79. The van der Waals surface area contributed by atoms with Crippen LogP contribution >= 0.6 is 15.9 Å². The van der Waals surface area contributed by atoms with Crippen LogP contribution in [0, 0.1) is 6.92 Å². The number of halogens is 4. The number of nitrogens with zero attached hydrogens (tertiary/aromatic N) is 2. The molecule has 0 radical (unpaired) electrons. The maximum Gasteiger partial charge on any atom is 0.433 e. The Hall–Kier alpha value is -1.63. The Morgan fingerprint density at radius 1 is 1.16 bits per heavy atom.